The van der Waals surface area contributed by atoms with Crippen molar-refractivity contribution in [1.82, 2.24) is 4.98 Å². The molecule has 3 rings (SSSR count). The molecule has 1 atom stereocenters. The van der Waals surface area contributed by atoms with Gasteiger partial charge in [0, 0.05) is 16.8 Å². The molecule has 0 spiro atoms. The zero-order valence-corrected chi connectivity index (χ0v) is 9.68. The van der Waals surface area contributed by atoms with Crippen molar-refractivity contribution < 1.29 is 4.79 Å². The van der Waals surface area contributed by atoms with Crippen LogP contribution in [-0.2, 0) is 0 Å². The van der Waals surface area contributed by atoms with Crippen LogP contribution in [-0.4, -0.2) is 23.2 Å². The van der Waals surface area contributed by atoms with E-state index in [0.717, 1.165) is 17.0 Å². The van der Waals surface area contributed by atoms with E-state index in [0.29, 0.717) is 11.6 Å². The van der Waals surface area contributed by atoms with Gasteiger partial charge >= 0.3 is 0 Å². The molecular weight excluding hydrogens is 228 g/mol. The smallest absolute Gasteiger partial charge is 0.169 e. The summed E-state index contributed by atoms with van der Waals surface area (Å²) in [5.41, 5.74) is 0.653. The third-order valence-corrected chi connectivity index (χ3v) is 4.98. The van der Waals surface area contributed by atoms with Crippen LogP contribution in [0.15, 0.2) is 4.99 Å². The highest BCUT2D eigenvalue weighted by Gasteiger charge is 2.31. The van der Waals surface area contributed by atoms with Crippen LogP contribution >= 0.6 is 23.1 Å². The second-order valence-electron chi connectivity index (χ2n) is 3.71. The second-order valence-corrected chi connectivity index (χ2v) is 5.89. The van der Waals surface area contributed by atoms with Crippen molar-refractivity contribution in [3.8, 4) is 0 Å². The predicted octanol–water partition coefficient (Wildman–Crippen LogP) is 2.65. The summed E-state index contributed by atoms with van der Waals surface area (Å²) in [6, 6.07) is 0. The number of nitrogens with zero attached hydrogens (tertiary/aromatic N) is 2. The first kappa shape index (κ1) is 9.54. The number of carbonyl (C=O) groups excluding carboxylic acids is 1. The molecule has 1 aromatic heterocycles. The van der Waals surface area contributed by atoms with Gasteiger partial charge in [0.1, 0.15) is 16.1 Å². The summed E-state index contributed by atoms with van der Waals surface area (Å²) in [6.07, 6.45) is 5.23. The number of hydrogen-bond acceptors (Lipinski definition) is 5. The van der Waals surface area contributed by atoms with Crippen molar-refractivity contribution in [2.75, 3.05) is 5.75 Å². The summed E-state index contributed by atoms with van der Waals surface area (Å²) in [4.78, 5) is 20.8. The molecule has 15 heavy (non-hydrogen) atoms. The van der Waals surface area contributed by atoms with E-state index in [4.69, 9.17) is 0 Å². The second kappa shape index (κ2) is 3.72. The summed E-state index contributed by atoms with van der Waals surface area (Å²) in [7, 11) is 0. The number of rotatable bonds is 3. The molecule has 2 heterocycles. The lowest BCUT2D eigenvalue weighted by atomic mass is 10.3. The molecule has 1 unspecified atom stereocenters. The maximum Gasteiger partial charge on any atom is 0.169 e. The van der Waals surface area contributed by atoms with Crippen LogP contribution in [0.1, 0.15) is 44.5 Å². The maximum atomic E-state index is 10.9. The minimum Gasteiger partial charge on any atom is -0.296 e. The van der Waals surface area contributed by atoms with Gasteiger partial charge in [-0.05, 0) is 18.8 Å². The first-order valence-corrected chi connectivity index (χ1v) is 6.84. The quantitative estimate of drug-likeness (QED) is 0.760. The Bertz CT molecular complexity index is 423. The van der Waals surface area contributed by atoms with Crippen LogP contribution in [0.5, 0.6) is 0 Å². The van der Waals surface area contributed by atoms with Gasteiger partial charge in [0.25, 0.3) is 0 Å². The monoisotopic (exact) mass is 238 g/mol. The molecule has 1 aromatic rings. The highest BCUT2D eigenvalue weighted by molar-refractivity contribution is 8.00. The summed E-state index contributed by atoms with van der Waals surface area (Å²) < 4.78 is 0. The van der Waals surface area contributed by atoms with Crippen molar-refractivity contribution in [2.45, 2.75) is 24.1 Å². The molecular formula is C10H10N2OS2. The van der Waals surface area contributed by atoms with Crippen LogP contribution in [0.25, 0.3) is 0 Å². The number of aldehydes is 1. The number of hydrogen-bond donors (Lipinski definition) is 0. The lowest BCUT2D eigenvalue weighted by molar-refractivity contribution is 0.111. The normalized spacial score (nSPS) is 24.7. The molecule has 0 N–H and O–H groups in total. The number of thioether (sulfide) groups is 1. The Balaban J connectivity index is 1.94. The lowest BCUT2D eigenvalue weighted by Crippen LogP contribution is -1.88. The molecule has 2 aliphatic rings. The van der Waals surface area contributed by atoms with Crippen LogP contribution in [0, 0.1) is 0 Å². The molecule has 5 heteroatoms. The Labute approximate surface area is 96.0 Å². The summed E-state index contributed by atoms with van der Waals surface area (Å²) >= 11 is 3.44. The molecule has 0 bridgehead atoms. The van der Waals surface area contributed by atoms with Crippen LogP contribution in [0.2, 0.25) is 0 Å². The van der Waals surface area contributed by atoms with Crippen molar-refractivity contribution in [2.24, 2.45) is 4.99 Å². The first-order chi connectivity index (χ1) is 7.38. The summed E-state index contributed by atoms with van der Waals surface area (Å²) in [5, 5.41) is 1.14. The molecule has 78 valence electrons. The van der Waals surface area contributed by atoms with Crippen molar-refractivity contribution in [3.05, 3.63) is 15.6 Å². The highest BCUT2D eigenvalue weighted by Crippen LogP contribution is 2.46. The van der Waals surface area contributed by atoms with Gasteiger partial charge in [-0.15, -0.1) is 23.1 Å². The SMILES string of the molecule is O=Cc1nc(C2N=CCS2)sc1C1CC1. The predicted molar refractivity (Wildman–Crippen MR) is 63.2 cm³/mol. The molecule has 0 radical (unpaired) electrons. The van der Waals surface area contributed by atoms with Crippen LogP contribution in [0.4, 0.5) is 0 Å². The van der Waals surface area contributed by atoms with Crippen molar-refractivity contribution in [3.63, 3.8) is 0 Å². The van der Waals surface area contributed by atoms with Crippen LogP contribution in [0.3, 0.4) is 0 Å². The third-order valence-electron chi connectivity index (χ3n) is 2.54. The molecule has 1 aliphatic carbocycles. The number of aliphatic imine (C=N–C) groups is 1. The molecule has 0 amide bonds. The topological polar surface area (TPSA) is 42.3 Å². The van der Waals surface area contributed by atoms with Gasteiger partial charge < -0.3 is 0 Å². The van der Waals surface area contributed by atoms with Gasteiger partial charge in [-0.3, -0.25) is 9.79 Å². The van der Waals surface area contributed by atoms with Crippen molar-refractivity contribution >= 4 is 35.6 Å². The highest BCUT2D eigenvalue weighted by atomic mass is 32.2. The fraction of sp³-hybridized carbons (Fsp3) is 0.500. The van der Waals surface area contributed by atoms with E-state index in [1.54, 1.807) is 23.1 Å². The van der Waals surface area contributed by atoms with E-state index in [-0.39, 0.29) is 5.37 Å². The standard InChI is InChI=1S/C10H10N2OS2/c13-5-7-8(6-1-2-6)15-10(12-7)9-11-3-4-14-9/h3,5-6,9H,1-2,4H2. The third kappa shape index (κ3) is 1.74. The fourth-order valence-electron chi connectivity index (χ4n) is 1.64. The minimum atomic E-state index is 0.140. The number of aromatic nitrogens is 1. The summed E-state index contributed by atoms with van der Waals surface area (Å²) in [5.74, 6) is 1.56. The summed E-state index contributed by atoms with van der Waals surface area (Å²) in [6.45, 7) is 0. The van der Waals surface area contributed by atoms with E-state index in [1.807, 2.05) is 6.21 Å². The van der Waals surface area contributed by atoms with Gasteiger partial charge in [-0.2, -0.15) is 0 Å². The Morgan fingerprint density at radius 1 is 1.47 bits per heavy atom. The Morgan fingerprint density at radius 2 is 2.33 bits per heavy atom. The number of carbonyl (C=O) groups is 1. The van der Waals surface area contributed by atoms with E-state index in [9.17, 15) is 4.79 Å². The molecule has 3 nitrogen and oxygen atoms in total. The van der Waals surface area contributed by atoms with E-state index in [1.165, 1.54) is 17.7 Å². The molecule has 0 saturated heterocycles. The van der Waals surface area contributed by atoms with Crippen LogP contribution < -0.4 is 0 Å². The van der Waals surface area contributed by atoms with Gasteiger partial charge in [0.05, 0.1) is 0 Å². The van der Waals surface area contributed by atoms with Gasteiger partial charge in [0.15, 0.2) is 6.29 Å². The molecule has 1 aliphatic heterocycles. The fourth-order valence-corrected chi connectivity index (χ4v) is 3.84. The lowest BCUT2D eigenvalue weighted by Gasteiger charge is -1.98. The number of thiazole rings is 1. The maximum absolute atomic E-state index is 10.9. The molecule has 1 fully saturated rings. The van der Waals surface area contributed by atoms with Gasteiger partial charge in [-0.25, -0.2) is 4.98 Å². The first-order valence-electron chi connectivity index (χ1n) is 4.97. The zero-order chi connectivity index (χ0) is 10.3. The van der Waals surface area contributed by atoms with E-state index < -0.39 is 0 Å². The van der Waals surface area contributed by atoms with E-state index >= 15 is 0 Å². The van der Waals surface area contributed by atoms with E-state index in [2.05, 4.69) is 9.98 Å². The zero-order valence-electron chi connectivity index (χ0n) is 8.05. The molecule has 1 saturated carbocycles. The Morgan fingerprint density at radius 3 is 2.93 bits per heavy atom. The largest absolute Gasteiger partial charge is 0.296 e. The average molecular weight is 238 g/mol. The van der Waals surface area contributed by atoms with Gasteiger partial charge in [0.2, 0.25) is 0 Å². The molecule has 0 aromatic carbocycles. The minimum absolute atomic E-state index is 0.140. The van der Waals surface area contributed by atoms with Gasteiger partial charge in [-0.1, -0.05) is 0 Å². The van der Waals surface area contributed by atoms with Crippen molar-refractivity contribution in [1.29, 1.82) is 0 Å². The average Bonchev–Trinajstić information content (AvgIpc) is 2.83. The Hall–Kier alpha value is -0.680. The Kier molecular flexibility index (Phi) is 2.36.